The van der Waals surface area contributed by atoms with Crippen LogP contribution in [0.1, 0.15) is 31.2 Å². The Hall–Kier alpha value is -1.02. The van der Waals surface area contributed by atoms with Gasteiger partial charge in [-0.25, -0.2) is 0 Å². The van der Waals surface area contributed by atoms with E-state index in [1.54, 1.807) is 0 Å². The summed E-state index contributed by atoms with van der Waals surface area (Å²) in [7, 11) is 0. The molecule has 0 spiro atoms. The molecule has 0 saturated carbocycles. The van der Waals surface area contributed by atoms with Crippen molar-refractivity contribution in [3.8, 4) is 0 Å². The fraction of sp³-hybridized carbons (Fsp3) is 0.375. The Morgan fingerprint density at radius 3 is 2.33 bits per heavy atom. The Morgan fingerprint density at radius 1 is 0.833 bits per heavy atom. The molecule has 0 heterocycles. The van der Waals surface area contributed by atoms with E-state index in [0.29, 0.717) is 0 Å². The summed E-state index contributed by atoms with van der Waals surface area (Å²) in [5, 5.41) is 3.63. The molecule has 0 amide bonds. The van der Waals surface area contributed by atoms with E-state index in [-0.39, 0.29) is 0 Å². The number of halogens is 1. The van der Waals surface area contributed by atoms with Crippen molar-refractivity contribution in [2.45, 2.75) is 32.1 Å². The zero-order valence-electron chi connectivity index (χ0n) is 10.7. The third-order valence-electron chi connectivity index (χ3n) is 3.38. The number of nitrogen functional groups attached to an aromatic ring is 1. The van der Waals surface area contributed by atoms with Gasteiger partial charge in [-0.15, -0.1) is 0 Å². The number of alkyl halides is 1. The lowest BCUT2D eigenvalue weighted by Gasteiger charge is -2.08. The van der Waals surface area contributed by atoms with Crippen LogP contribution in [0.5, 0.6) is 0 Å². The Kier molecular flexibility index (Phi) is 5.06. The summed E-state index contributed by atoms with van der Waals surface area (Å²) in [4.78, 5) is 0. The van der Waals surface area contributed by atoms with Crippen molar-refractivity contribution in [1.29, 1.82) is 0 Å². The lowest BCUT2D eigenvalue weighted by atomic mass is 9.98. The molecule has 0 fully saturated rings. The van der Waals surface area contributed by atoms with Crippen molar-refractivity contribution >= 4 is 32.4 Å². The Labute approximate surface area is 118 Å². The van der Waals surface area contributed by atoms with Gasteiger partial charge in [0.15, 0.2) is 0 Å². The predicted molar refractivity (Wildman–Crippen MR) is 84.3 cm³/mol. The SMILES string of the molecule is Nc1ccc(CCCCCCBr)c2ccccc12. The van der Waals surface area contributed by atoms with Gasteiger partial charge in [0.1, 0.15) is 0 Å². The second-order valence-electron chi connectivity index (χ2n) is 4.71. The first-order chi connectivity index (χ1) is 8.83. The molecule has 2 N–H and O–H groups in total. The van der Waals surface area contributed by atoms with Crippen LogP contribution in [0, 0.1) is 0 Å². The molecule has 0 aliphatic heterocycles. The second kappa shape index (κ2) is 6.79. The predicted octanol–water partition coefficient (Wildman–Crippen LogP) is 4.92. The quantitative estimate of drug-likeness (QED) is 0.457. The van der Waals surface area contributed by atoms with Gasteiger partial charge in [-0.05, 0) is 36.3 Å². The van der Waals surface area contributed by atoms with Crippen LogP contribution >= 0.6 is 15.9 Å². The molecule has 18 heavy (non-hydrogen) atoms. The number of benzene rings is 2. The van der Waals surface area contributed by atoms with Gasteiger partial charge in [0.25, 0.3) is 0 Å². The zero-order chi connectivity index (χ0) is 12.8. The molecule has 0 aliphatic carbocycles. The van der Waals surface area contributed by atoms with Crippen molar-refractivity contribution in [2.24, 2.45) is 0 Å². The van der Waals surface area contributed by atoms with Gasteiger partial charge in [0.05, 0.1) is 0 Å². The molecule has 0 aromatic heterocycles. The van der Waals surface area contributed by atoms with E-state index in [2.05, 4.69) is 46.3 Å². The molecule has 96 valence electrons. The molecule has 0 bridgehead atoms. The maximum atomic E-state index is 6.01. The number of fused-ring (bicyclic) bond motifs is 1. The van der Waals surface area contributed by atoms with Crippen LogP contribution in [-0.4, -0.2) is 5.33 Å². The highest BCUT2D eigenvalue weighted by molar-refractivity contribution is 9.09. The molecule has 0 radical (unpaired) electrons. The van der Waals surface area contributed by atoms with Crippen molar-refractivity contribution in [2.75, 3.05) is 11.1 Å². The van der Waals surface area contributed by atoms with Crippen LogP contribution in [0.25, 0.3) is 10.8 Å². The standard InChI is InChI=1S/C16H20BrN/c17-12-6-2-1-3-7-13-10-11-16(18)15-9-5-4-8-14(13)15/h4-5,8-11H,1-3,6-7,12,18H2. The van der Waals surface area contributed by atoms with Gasteiger partial charge in [0, 0.05) is 16.4 Å². The van der Waals surface area contributed by atoms with Gasteiger partial charge < -0.3 is 5.73 Å². The van der Waals surface area contributed by atoms with E-state index in [1.807, 2.05) is 6.07 Å². The zero-order valence-corrected chi connectivity index (χ0v) is 12.2. The highest BCUT2D eigenvalue weighted by atomic mass is 79.9. The minimum Gasteiger partial charge on any atom is -0.398 e. The molecule has 2 aromatic rings. The van der Waals surface area contributed by atoms with Gasteiger partial charge in [-0.2, -0.15) is 0 Å². The summed E-state index contributed by atoms with van der Waals surface area (Å²) in [5.41, 5.74) is 8.33. The number of unbranched alkanes of at least 4 members (excludes halogenated alkanes) is 3. The van der Waals surface area contributed by atoms with Crippen LogP contribution in [0.2, 0.25) is 0 Å². The summed E-state index contributed by atoms with van der Waals surface area (Å²) in [6.07, 6.45) is 6.33. The Balaban J connectivity index is 2.07. The number of aryl methyl sites for hydroxylation is 1. The number of rotatable bonds is 6. The minimum absolute atomic E-state index is 0.883. The van der Waals surface area contributed by atoms with E-state index in [1.165, 1.54) is 42.0 Å². The highest BCUT2D eigenvalue weighted by Gasteiger charge is 2.03. The number of hydrogen-bond acceptors (Lipinski definition) is 1. The molecule has 0 unspecified atom stereocenters. The Morgan fingerprint density at radius 2 is 1.56 bits per heavy atom. The summed E-state index contributed by atoms with van der Waals surface area (Å²) < 4.78 is 0. The summed E-state index contributed by atoms with van der Waals surface area (Å²) in [6.45, 7) is 0. The molecule has 0 atom stereocenters. The third-order valence-corrected chi connectivity index (χ3v) is 3.94. The summed E-state index contributed by atoms with van der Waals surface area (Å²) in [6, 6.07) is 12.7. The normalized spacial score (nSPS) is 10.9. The number of anilines is 1. The van der Waals surface area contributed by atoms with Gasteiger partial charge in [-0.1, -0.05) is 59.1 Å². The fourth-order valence-corrected chi connectivity index (χ4v) is 2.76. The van der Waals surface area contributed by atoms with Gasteiger partial charge in [0.2, 0.25) is 0 Å². The highest BCUT2D eigenvalue weighted by Crippen LogP contribution is 2.25. The number of nitrogens with two attached hydrogens (primary N) is 1. The fourth-order valence-electron chi connectivity index (χ4n) is 2.37. The van der Waals surface area contributed by atoms with Crippen LogP contribution in [0.4, 0.5) is 5.69 Å². The van der Waals surface area contributed by atoms with E-state index in [0.717, 1.165) is 17.4 Å². The monoisotopic (exact) mass is 305 g/mol. The lowest BCUT2D eigenvalue weighted by Crippen LogP contribution is -1.92. The average Bonchev–Trinajstić information content (AvgIpc) is 2.41. The molecular weight excluding hydrogens is 286 g/mol. The van der Waals surface area contributed by atoms with Gasteiger partial charge >= 0.3 is 0 Å². The van der Waals surface area contributed by atoms with Crippen LogP contribution < -0.4 is 5.73 Å². The van der Waals surface area contributed by atoms with Crippen molar-refractivity contribution in [3.05, 3.63) is 42.0 Å². The molecule has 2 heteroatoms. The van der Waals surface area contributed by atoms with Crippen LogP contribution in [-0.2, 0) is 6.42 Å². The topological polar surface area (TPSA) is 26.0 Å². The minimum atomic E-state index is 0.883. The summed E-state index contributed by atoms with van der Waals surface area (Å²) in [5.74, 6) is 0. The molecule has 0 saturated heterocycles. The Bertz CT molecular complexity index is 507. The largest absolute Gasteiger partial charge is 0.398 e. The van der Waals surface area contributed by atoms with E-state index in [9.17, 15) is 0 Å². The smallest absolute Gasteiger partial charge is 0.0393 e. The van der Waals surface area contributed by atoms with Crippen LogP contribution in [0.15, 0.2) is 36.4 Å². The lowest BCUT2D eigenvalue weighted by molar-refractivity contribution is 0.673. The van der Waals surface area contributed by atoms with Crippen molar-refractivity contribution in [3.63, 3.8) is 0 Å². The van der Waals surface area contributed by atoms with Crippen molar-refractivity contribution in [1.82, 2.24) is 0 Å². The molecule has 1 nitrogen and oxygen atoms in total. The second-order valence-corrected chi connectivity index (χ2v) is 5.51. The third kappa shape index (κ3) is 3.26. The first-order valence-electron chi connectivity index (χ1n) is 6.65. The number of hydrogen-bond donors (Lipinski definition) is 1. The van der Waals surface area contributed by atoms with Crippen molar-refractivity contribution < 1.29 is 0 Å². The molecule has 0 aliphatic rings. The van der Waals surface area contributed by atoms with E-state index in [4.69, 9.17) is 5.73 Å². The maximum absolute atomic E-state index is 6.01. The van der Waals surface area contributed by atoms with E-state index < -0.39 is 0 Å². The van der Waals surface area contributed by atoms with Crippen LogP contribution in [0.3, 0.4) is 0 Å². The van der Waals surface area contributed by atoms with Gasteiger partial charge in [-0.3, -0.25) is 0 Å². The summed E-state index contributed by atoms with van der Waals surface area (Å²) >= 11 is 3.47. The first kappa shape index (κ1) is 13.4. The molecular formula is C16H20BrN. The molecule has 2 aromatic carbocycles. The average molecular weight is 306 g/mol. The molecule has 2 rings (SSSR count). The first-order valence-corrected chi connectivity index (χ1v) is 7.77. The van der Waals surface area contributed by atoms with E-state index >= 15 is 0 Å². The maximum Gasteiger partial charge on any atom is 0.0393 e.